The van der Waals surface area contributed by atoms with Gasteiger partial charge in [0.05, 0.1) is 0 Å². The van der Waals surface area contributed by atoms with Gasteiger partial charge in [-0.1, -0.05) is 13.8 Å². The third-order valence-electron chi connectivity index (χ3n) is 5.60. The highest BCUT2D eigenvalue weighted by atomic mass is 15.3. The number of likely N-dealkylation sites (tertiary alicyclic amines) is 1. The van der Waals surface area contributed by atoms with E-state index in [2.05, 4.69) is 50.1 Å². The molecule has 0 aromatic heterocycles. The van der Waals surface area contributed by atoms with E-state index in [4.69, 9.17) is 0 Å². The number of hydrogen-bond acceptors (Lipinski definition) is 3. The molecule has 3 heteroatoms. The Hall–Kier alpha value is -0.120. The molecule has 0 radical (unpaired) electrons. The van der Waals surface area contributed by atoms with Gasteiger partial charge in [-0.25, -0.2) is 0 Å². The molecular formula is C17H35N3. The van der Waals surface area contributed by atoms with Gasteiger partial charge in [0.1, 0.15) is 0 Å². The van der Waals surface area contributed by atoms with Crippen molar-refractivity contribution < 1.29 is 0 Å². The summed E-state index contributed by atoms with van der Waals surface area (Å²) in [6.07, 6.45) is 6.93. The molecule has 1 saturated carbocycles. The van der Waals surface area contributed by atoms with Gasteiger partial charge in [0, 0.05) is 24.7 Å². The summed E-state index contributed by atoms with van der Waals surface area (Å²) >= 11 is 0. The quantitative estimate of drug-likeness (QED) is 0.835. The van der Waals surface area contributed by atoms with Crippen LogP contribution in [0.15, 0.2) is 0 Å². The van der Waals surface area contributed by atoms with Crippen molar-refractivity contribution in [3.05, 3.63) is 0 Å². The summed E-state index contributed by atoms with van der Waals surface area (Å²) in [7, 11) is 6.58. The van der Waals surface area contributed by atoms with Gasteiger partial charge in [-0.15, -0.1) is 0 Å². The first kappa shape index (κ1) is 16.3. The molecule has 0 amide bonds. The highest BCUT2D eigenvalue weighted by molar-refractivity contribution is 4.96. The highest BCUT2D eigenvalue weighted by Crippen LogP contribution is 2.35. The average Bonchev–Trinajstić information content (AvgIpc) is 2.85. The number of likely N-dealkylation sites (N-methyl/N-ethyl adjacent to an activating group) is 2. The van der Waals surface area contributed by atoms with Crippen molar-refractivity contribution in [1.29, 1.82) is 0 Å². The summed E-state index contributed by atoms with van der Waals surface area (Å²) in [4.78, 5) is 5.20. The van der Waals surface area contributed by atoms with Gasteiger partial charge in [0.25, 0.3) is 0 Å². The van der Waals surface area contributed by atoms with Crippen LogP contribution in [0.1, 0.15) is 46.0 Å². The molecule has 4 unspecified atom stereocenters. The molecule has 4 atom stereocenters. The van der Waals surface area contributed by atoms with Crippen LogP contribution in [0.2, 0.25) is 0 Å². The average molecular weight is 281 g/mol. The largest absolute Gasteiger partial charge is 0.315 e. The highest BCUT2D eigenvalue weighted by Gasteiger charge is 2.39. The second-order valence-corrected chi connectivity index (χ2v) is 7.58. The standard InChI is InChI=1S/C17H35N3/c1-13(2)14-8-9-16(18-3)17(11-14)20-10-6-7-15(20)12-19(4)5/h13-18H,6-12H2,1-5H3. The summed E-state index contributed by atoms with van der Waals surface area (Å²) < 4.78 is 0. The zero-order valence-corrected chi connectivity index (χ0v) is 14.2. The van der Waals surface area contributed by atoms with E-state index in [1.54, 1.807) is 0 Å². The Kier molecular flexibility index (Phi) is 5.88. The van der Waals surface area contributed by atoms with Crippen molar-refractivity contribution in [2.45, 2.75) is 64.1 Å². The minimum absolute atomic E-state index is 0.702. The molecule has 2 aliphatic rings. The molecule has 0 aromatic rings. The van der Waals surface area contributed by atoms with Gasteiger partial charge in [-0.05, 0) is 71.6 Å². The Balaban J connectivity index is 2.05. The second kappa shape index (κ2) is 7.24. The third kappa shape index (κ3) is 3.75. The molecule has 1 heterocycles. The van der Waals surface area contributed by atoms with Gasteiger partial charge < -0.3 is 10.2 Å². The van der Waals surface area contributed by atoms with Crippen LogP contribution in [0.3, 0.4) is 0 Å². The molecule has 20 heavy (non-hydrogen) atoms. The fourth-order valence-corrected chi connectivity index (χ4v) is 4.40. The Morgan fingerprint density at radius 2 is 1.95 bits per heavy atom. The molecule has 118 valence electrons. The maximum atomic E-state index is 3.61. The Bertz CT molecular complexity index is 290. The minimum atomic E-state index is 0.702. The zero-order valence-electron chi connectivity index (χ0n) is 14.2. The number of rotatable bonds is 5. The van der Waals surface area contributed by atoms with Gasteiger partial charge in [-0.2, -0.15) is 0 Å². The molecule has 0 spiro atoms. The van der Waals surface area contributed by atoms with E-state index in [1.807, 2.05) is 0 Å². The summed E-state index contributed by atoms with van der Waals surface area (Å²) in [5.41, 5.74) is 0. The van der Waals surface area contributed by atoms with E-state index in [1.165, 1.54) is 45.2 Å². The van der Waals surface area contributed by atoms with Crippen LogP contribution in [-0.4, -0.2) is 62.2 Å². The molecule has 1 N–H and O–H groups in total. The Labute approximate surface area is 126 Å². The number of hydrogen-bond donors (Lipinski definition) is 1. The van der Waals surface area contributed by atoms with Crippen molar-refractivity contribution in [2.24, 2.45) is 11.8 Å². The van der Waals surface area contributed by atoms with Crippen LogP contribution < -0.4 is 5.32 Å². The minimum Gasteiger partial charge on any atom is -0.315 e. The molecule has 3 nitrogen and oxygen atoms in total. The fraction of sp³-hybridized carbons (Fsp3) is 1.00. The Morgan fingerprint density at radius 1 is 1.20 bits per heavy atom. The van der Waals surface area contributed by atoms with Crippen LogP contribution in [0.4, 0.5) is 0 Å². The van der Waals surface area contributed by atoms with Gasteiger partial charge in [0.15, 0.2) is 0 Å². The van der Waals surface area contributed by atoms with Crippen molar-refractivity contribution in [3.63, 3.8) is 0 Å². The molecular weight excluding hydrogens is 246 g/mol. The van der Waals surface area contributed by atoms with Crippen LogP contribution in [0, 0.1) is 11.8 Å². The van der Waals surface area contributed by atoms with Crippen LogP contribution in [0.5, 0.6) is 0 Å². The van der Waals surface area contributed by atoms with Crippen molar-refractivity contribution >= 4 is 0 Å². The van der Waals surface area contributed by atoms with Crippen LogP contribution >= 0.6 is 0 Å². The summed E-state index contributed by atoms with van der Waals surface area (Å²) in [5.74, 6) is 1.76. The fourth-order valence-electron chi connectivity index (χ4n) is 4.40. The molecule has 2 fully saturated rings. The smallest absolute Gasteiger partial charge is 0.0255 e. The summed E-state index contributed by atoms with van der Waals surface area (Å²) in [6.45, 7) is 7.34. The topological polar surface area (TPSA) is 18.5 Å². The molecule has 0 aromatic carbocycles. The van der Waals surface area contributed by atoms with Crippen LogP contribution in [-0.2, 0) is 0 Å². The number of nitrogens with one attached hydrogen (secondary N) is 1. The lowest BCUT2D eigenvalue weighted by Gasteiger charge is -2.45. The van der Waals surface area contributed by atoms with Crippen molar-refractivity contribution in [2.75, 3.05) is 34.2 Å². The number of nitrogens with zero attached hydrogens (tertiary/aromatic N) is 2. The van der Waals surface area contributed by atoms with E-state index in [0.29, 0.717) is 6.04 Å². The van der Waals surface area contributed by atoms with Gasteiger partial charge in [-0.3, -0.25) is 4.90 Å². The van der Waals surface area contributed by atoms with Crippen molar-refractivity contribution in [1.82, 2.24) is 15.1 Å². The maximum Gasteiger partial charge on any atom is 0.0255 e. The SMILES string of the molecule is CNC1CCC(C(C)C)CC1N1CCCC1CN(C)C. The lowest BCUT2D eigenvalue weighted by atomic mass is 9.76. The summed E-state index contributed by atoms with van der Waals surface area (Å²) in [5, 5.41) is 3.61. The monoisotopic (exact) mass is 281 g/mol. The molecule has 1 aliphatic heterocycles. The molecule has 1 aliphatic carbocycles. The maximum absolute atomic E-state index is 3.61. The normalized spacial score (nSPS) is 36.1. The van der Waals surface area contributed by atoms with E-state index in [-0.39, 0.29) is 0 Å². The summed E-state index contributed by atoms with van der Waals surface area (Å²) in [6, 6.07) is 2.23. The van der Waals surface area contributed by atoms with Gasteiger partial charge >= 0.3 is 0 Å². The Morgan fingerprint density at radius 3 is 2.55 bits per heavy atom. The molecule has 1 saturated heterocycles. The first-order valence-electron chi connectivity index (χ1n) is 8.60. The third-order valence-corrected chi connectivity index (χ3v) is 5.60. The lowest BCUT2D eigenvalue weighted by molar-refractivity contribution is 0.0674. The molecule has 2 rings (SSSR count). The first-order valence-corrected chi connectivity index (χ1v) is 8.60. The molecule has 0 bridgehead atoms. The predicted octanol–water partition coefficient (Wildman–Crippen LogP) is 2.43. The first-order chi connectivity index (χ1) is 9.52. The second-order valence-electron chi connectivity index (χ2n) is 7.58. The predicted molar refractivity (Wildman–Crippen MR) is 87.1 cm³/mol. The van der Waals surface area contributed by atoms with E-state index in [0.717, 1.165) is 23.9 Å². The van der Waals surface area contributed by atoms with Crippen molar-refractivity contribution in [3.8, 4) is 0 Å². The van der Waals surface area contributed by atoms with Crippen LogP contribution in [0.25, 0.3) is 0 Å². The van der Waals surface area contributed by atoms with E-state index >= 15 is 0 Å². The lowest BCUT2D eigenvalue weighted by Crippen LogP contribution is -2.55. The van der Waals surface area contributed by atoms with E-state index < -0.39 is 0 Å². The zero-order chi connectivity index (χ0) is 14.7. The van der Waals surface area contributed by atoms with Gasteiger partial charge in [0.2, 0.25) is 0 Å². The van der Waals surface area contributed by atoms with E-state index in [9.17, 15) is 0 Å².